The average Bonchev–Trinajstić information content (AvgIpc) is 3.74. The second-order valence-corrected chi connectivity index (χ2v) is 11.8. The van der Waals surface area contributed by atoms with Crippen LogP contribution in [-0.2, 0) is 0 Å². The molecule has 9 aromatic rings. The van der Waals surface area contributed by atoms with Gasteiger partial charge in [0.05, 0.1) is 33.1 Å². The summed E-state index contributed by atoms with van der Waals surface area (Å²) < 4.78 is 7.27. The quantitative estimate of drug-likeness (QED) is 0.223. The van der Waals surface area contributed by atoms with Gasteiger partial charge in [-0.1, -0.05) is 103 Å². The van der Waals surface area contributed by atoms with Crippen molar-refractivity contribution in [3.05, 3.63) is 158 Å². The Kier molecular flexibility index (Phi) is 5.02. The van der Waals surface area contributed by atoms with E-state index in [0.29, 0.717) is 0 Å². The summed E-state index contributed by atoms with van der Waals surface area (Å²) in [5.74, 6) is 1.06. The van der Waals surface area contributed by atoms with Gasteiger partial charge in [0.1, 0.15) is 12.0 Å². The molecule has 0 radical (unpaired) electrons. The van der Waals surface area contributed by atoms with E-state index in [1.54, 1.807) is 0 Å². The summed E-state index contributed by atoms with van der Waals surface area (Å²) >= 11 is 0. The number of aromatic nitrogens is 3. The molecule has 4 nitrogen and oxygen atoms in total. The molecule has 0 amide bonds. The van der Waals surface area contributed by atoms with E-state index in [1.807, 2.05) is 0 Å². The van der Waals surface area contributed by atoms with E-state index in [9.17, 15) is 0 Å². The number of rotatable bonds is 3. The zero-order valence-corrected chi connectivity index (χ0v) is 24.4. The minimum absolute atomic E-state index is 0.0594. The van der Waals surface area contributed by atoms with E-state index in [4.69, 9.17) is 0 Å². The lowest BCUT2D eigenvalue weighted by Crippen LogP contribution is -2.28. The van der Waals surface area contributed by atoms with Crippen LogP contribution >= 0.6 is 0 Å². The zero-order chi connectivity index (χ0) is 29.5. The fourth-order valence-electron chi connectivity index (χ4n) is 7.66. The topological polar surface area (TPSA) is 26.8 Å². The smallest absolute Gasteiger partial charge is 0.124 e. The van der Waals surface area contributed by atoms with Crippen LogP contribution in [0.4, 0.5) is 0 Å². The number of nitrogens with one attached hydrogen (secondary N) is 1. The number of hydrogen-bond acceptors (Lipinski definition) is 1. The van der Waals surface area contributed by atoms with Gasteiger partial charge in [-0.15, -0.1) is 0 Å². The number of dihydropyridines is 1. The van der Waals surface area contributed by atoms with Gasteiger partial charge in [-0.3, -0.25) is 4.57 Å². The highest BCUT2D eigenvalue weighted by atomic mass is 15.3. The molecule has 1 N–H and O–H groups in total. The van der Waals surface area contributed by atoms with Crippen molar-refractivity contribution in [3.63, 3.8) is 0 Å². The van der Waals surface area contributed by atoms with Gasteiger partial charge >= 0.3 is 0 Å². The molecule has 0 saturated carbocycles. The van der Waals surface area contributed by atoms with Gasteiger partial charge in [-0.05, 0) is 54.6 Å². The third-order valence-corrected chi connectivity index (χ3v) is 9.46. The summed E-state index contributed by atoms with van der Waals surface area (Å²) in [6, 6.07) is 50.3. The first-order valence-corrected chi connectivity index (χ1v) is 15.5. The number of para-hydroxylation sites is 5. The molecular weight excluding hydrogens is 548 g/mol. The maximum absolute atomic E-state index is 3.97. The highest BCUT2D eigenvalue weighted by molar-refractivity contribution is 6.26. The largest absolute Gasteiger partial charge is 0.347 e. The summed E-state index contributed by atoms with van der Waals surface area (Å²) in [4.78, 5) is 0. The molecule has 10 rings (SSSR count). The number of nitrogens with zero attached hydrogens (tertiary/aromatic N) is 3. The summed E-state index contributed by atoms with van der Waals surface area (Å²) in [5, 5.41) is 11.5. The standard InChI is InChI=1S/C41H28N4/c1-2-13-27(14-3-1)43-36-22-11-7-18-32(36)40-37(43)26-25-31-30-17-6-10-21-35(30)45(41(31)40)39-24-12-23-38(42-39)44-33-19-8-4-15-28(33)29-16-5-9-20-34(29)44/h1-26,38,42H. The van der Waals surface area contributed by atoms with Gasteiger partial charge in [-0.2, -0.15) is 0 Å². The van der Waals surface area contributed by atoms with Gasteiger partial charge in [-0.25, -0.2) is 0 Å². The van der Waals surface area contributed by atoms with Crippen LogP contribution in [0, 0.1) is 0 Å². The zero-order valence-electron chi connectivity index (χ0n) is 24.4. The molecule has 0 saturated heterocycles. The second kappa shape index (κ2) is 9.25. The normalized spacial score (nSPS) is 15.1. The lowest BCUT2D eigenvalue weighted by Gasteiger charge is -2.26. The molecule has 0 spiro atoms. The van der Waals surface area contributed by atoms with Crippen LogP contribution in [0.15, 0.2) is 158 Å². The van der Waals surface area contributed by atoms with Gasteiger partial charge < -0.3 is 14.5 Å². The van der Waals surface area contributed by atoms with Crippen LogP contribution in [0.25, 0.3) is 76.9 Å². The van der Waals surface area contributed by atoms with Crippen LogP contribution < -0.4 is 5.32 Å². The molecule has 45 heavy (non-hydrogen) atoms. The molecule has 6 aromatic carbocycles. The summed E-state index contributed by atoms with van der Waals surface area (Å²) in [6.45, 7) is 0. The summed E-state index contributed by atoms with van der Waals surface area (Å²) in [7, 11) is 0. The summed E-state index contributed by atoms with van der Waals surface area (Å²) in [5.41, 5.74) is 8.41. The first-order chi connectivity index (χ1) is 22.4. The lowest BCUT2D eigenvalue weighted by molar-refractivity contribution is 0.577. The third-order valence-electron chi connectivity index (χ3n) is 9.46. The first-order valence-electron chi connectivity index (χ1n) is 15.5. The molecule has 1 unspecified atom stereocenters. The van der Waals surface area contributed by atoms with Gasteiger partial charge in [0.2, 0.25) is 0 Å². The van der Waals surface area contributed by atoms with Crippen molar-refractivity contribution in [2.24, 2.45) is 0 Å². The molecule has 212 valence electrons. The number of allylic oxidation sites excluding steroid dienone is 2. The maximum atomic E-state index is 3.97. The monoisotopic (exact) mass is 576 g/mol. The van der Waals surface area contributed by atoms with Crippen molar-refractivity contribution >= 4 is 71.2 Å². The van der Waals surface area contributed by atoms with Crippen LogP contribution in [0.3, 0.4) is 0 Å². The second-order valence-electron chi connectivity index (χ2n) is 11.8. The van der Waals surface area contributed by atoms with E-state index in [-0.39, 0.29) is 6.17 Å². The number of hydrogen-bond donors (Lipinski definition) is 1. The Morgan fingerprint density at radius 2 is 1.00 bits per heavy atom. The number of fused-ring (bicyclic) bond motifs is 10. The maximum Gasteiger partial charge on any atom is 0.124 e. The van der Waals surface area contributed by atoms with E-state index < -0.39 is 0 Å². The van der Waals surface area contributed by atoms with Gasteiger partial charge in [0.25, 0.3) is 0 Å². The van der Waals surface area contributed by atoms with Crippen molar-refractivity contribution in [1.29, 1.82) is 0 Å². The Labute approximate surface area is 259 Å². The molecule has 4 heteroatoms. The van der Waals surface area contributed by atoms with E-state index >= 15 is 0 Å². The molecule has 1 atom stereocenters. The van der Waals surface area contributed by atoms with Crippen LogP contribution in [0.1, 0.15) is 6.17 Å². The Bertz CT molecular complexity index is 2630. The third kappa shape index (κ3) is 3.36. The molecule has 4 heterocycles. The summed E-state index contributed by atoms with van der Waals surface area (Å²) in [6.07, 6.45) is 6.61. The highest BCUT2D eigenvalue weighted by Crippen LogP contribution is 2.42. The number of benzene rings is 6. The van der Waals surface area contributed by atoms with Crippen molar-refractivity contribution in [1.82, 2.24) is 19.0 Å². The first kappa shape index (κ1) is 24.4. The Morgan fingerprint density at radius 1 is 0.444 bits per heavy atom. The van der Waals surface area contributed by atoms with Crippen molar-refractivity contribution in [2.45, 2.75) is 6.17 Å². The van der Waals surface area contributed by atoms with Crippen molar-refractivity contribution in [3.8, 4) is 5.69 Å². The molecular formula is C41H28N4. The van der Waals surface area contributed by atoms with Gasteiger partial charge in [0.15, 0.2) is 0 Å². The predicted octanol–water partition coefficient (Wildman–Crippen LogP) is 10.2. The molecule has 1 aliphatic rings. The van der Waals surface area contributed by atoms with Crippen LogP contribution in [0.5, 0.6) is 0 Å². The van der Waals surface area contributed by atoms with E-state index in [2.05, 4.69) is 177 Å². The van der Waals surface area contributed by atoms with Crippen LogP contribution in [-0.4, -0.2) is 13.7 Å². The SMILES string of the molecule is C1=CC(n2c3ccccc3c3ccccc32)NC(n2c3ccccc3c3ccc4c(c5ccccc5n4-c4ccccc4)c32)=C1. The van der Waals surface area contributed by atoms with Gasteiger partial charge in [0, 0.05) is 38.0 Å². The fourth-order valence-corrected chi connectivity index (χ4v) is 7.66. The molecule has 0 bridgehead atoms. The lowest BCUT2D eigenvalue weighted by atomic mass is 10.1. The Hall–Kier alpha value is -6.00. The van der Waals surface area contributed by atoms with Crippen molar-refractivity contribution in [2.75, 3.05) is 0 Å². The molecule has 3 aromatic heterocycles. The minimum Gasteiger partial charge on any atom is -0.347 e. The minimum atomic E-state index is -0.0594. The average molecular weight is 577 g/mol. The Morgan fingerprint density at radius 3 is 1.69 bits per heavy atom. The molecule has 0 fully saturated rings. The Balaban J connectivity index is 1.26. The van der Waals surface area contributed by atoms with E-state index in [0.717, 1.165) is 11.5 Å². The molecule has 0 aliphatic carbocycles. The van der Waals surface area contributed by atoms with E-state index in [1.165, 1.54) is 65.4 Å². The highest BCUT2D eigenvalue weighted by Gasteiger charge is 2.24. The fraction of sp³-hybridized carbons (Fsp3) is 0.0244. The van der Waals surface area contributed by atoms with Crippen LogP contribution in [0.2, 0.25) is 0 Å². The molecule has 1 aliphatic heterocycles. The van der Waals surface area contributed by atoms with Crippen molar-refractivity contribution < 1.29 is 0 Å². The predicted molar refractivity (Wildman–Crippen MR) is 189 cm³/mol.